The molecule has 12 rings (SSSR count). The molecular weight excluding hydrogens is 811 g/mol. The highest BCUT2D eigenvalue weighted by molar-refractivity contribution is 8.34. The first-order chi connectivity index (χ1) is 31.7. The van der Waals surface area contributed by atoms with Crippen molar-refractivity contribution in [2.75, 3.05) is 4.90 Å². The Balaban J connectivity index is 1.08. The summed E-state index contributed by atoms with van der Waals surface area (Å²) < 4.78 is 6.90. The molecule has 1 spiro atoms. The summed E-state index contributed by atoms with van der Waals surface area (Å²) in [6.45, 7) is 0. The lowest BCUT2D eigenvalue weighted by atomic mass is 10.0. The van der Waals surface area contributed by atoms with Crippen molar-refractivity contribution < 1.29 is 4.74 Å². The van der Waals surface area contributed by atoms with E-state index < -0.39 is 18.1 Å². The fraction of sp³-hybridized carbons (Fsp3) is 0. The van der Waals surface area contributed by atoms with Crippen molar-refractivity contribution in [1.29, 1.82) is 0 Å². The Labute approximate surface area is 377 Å². The molecule has 0 aromatic heterocycles. The van der Waals surface area contributed by atoms with E-state index in [9.17, 15) is 0 Å². The lowest BCUT2D eigenvalue weighted by Gasteiger charge is -2.42. The van der Waals surface area contributed by atoms with Crippen LogP contribution in [0, 0.1) is 0 Å². The molecule has 0 fully saturated rings. The van der Waals surface area contributed by atoms with Gasteiger partial charge in [-0.2, -0.15) is 0 Å². The highest BCUT2D eigenvalue weighted by Crippen LogP contribution is 2.73. The zero-order valence-corrected chi connectivity index (χ0v) is 36.9. The summed E-state index contributed by atoms with van der Waals surface area (Å²) in [4.78, 5) is 7.61. The Morgan fingerprint density at radius 3 is 1.23 bits per heavy atom. The normalized spacial score (nSPS) is 13.2. The smallest absolute Gasteiger partial charge is 0.189 e. The van der Waals surface area contributed by atoms with E-state index in [1.165, 1.54) is 62.6 Å². The van der Waals surface area contributed by atoms with Crippen LogP contribution in [0.4, 0.5) is 17.1 Å². The maximum absolute atomic E-state index is 6.90. The molecule has 4 heteroatoms. The van der Waals surface area contributed by atoms with Crippen LogP contribution in [0.2, 0.25) is 0 Å². The molecule has 2 aliphatic heterocycles. The second-order valence-corrected chi connectivity index (χ2v) is 23.2. The summed E-state index contributed by atoms with van der Waals surface area (Å²) in [6.07, 6.45) is 0. The minimum atomic E-state index is -2.83. The van der Waals surface area contributed by atoms with Gasteiger partial charge in [0, 0.05) is 36.6 Å². The third kappa shape index (κ3) is 5.87. The van der Waals surface area contributed by atoms with Gasteiger partial charge in [-0.15, -0.1) is 10.0 Å². The van der Waals surface area contributed by atoms with Gasteiger partial charge in [0.2, 0.25) is 0 Å². The summed E-state index contributed by atoms with van der Waals surface area (Å²) in [5.41, 5.74) is 8.28. The molecule has 0 atom stereocenters. The monoisotopic (exact) mass is 853 g/mol. The summed E-state index contributed by atoms with van der Waals surface area (Å²) in [7, 11) is -4.69. The van der Waals surface area contributed by atoms with Crippen LogP contribution >= 0.6 is 10.0 Å². The lowest BCUT2D eigenvalue weighted by molar-refractivity contribution is 0.487. The van der Waals surface area contributed by atoms with Crippen LogP contribution in [-0.2, 0) is 0 Å². The van der Waals surface area contributed by atoms with Crippen LogP contribution in [0.3, 0.4) is 0 Å². The van der Waals surface area contributed by atoms with E-state index in [4.69, 9.17) is 4.74 Å². The molecule has 10 aromatic rings. The van der Waals surface area contributed by atoms with E-state index in [0.29, 0.717) is 0 Å². The molecular formula is C60H43NOSSi. The SMILES string of the molecule is c1ccc(-c2ccc(N(c3ccc(S(c4ccccc4)(c4ccccc4)c4ccccc4)cc3)c3ccc4c(c3)[Si]3(c5ccccc5O4)c4ccccc4-c4ccccc43)cc2)cc1. The quantitative estimate of drug-likeness (QED) is 0.141. The molecule has 10 aromatic carbocycles. The van der Waals surface area contributed by atoms with Crippen LogP contribution < -0.4 is 30.4 Å². The molecule has 0 unspecified atom stereocenters. The van der Waals surface area contributed by atoms with E-state index >= 15 is 0 Å². The lowest BCUT2D eigenvalue weighted by Crippen LogP contribution is -2.74. The molecule has 0 saturated carbocycles. The Bertz CT molecular complexity index is 3140. The standard InChI is InChI=1S/C60H43NOSSi/c1-5-19-44(20-6-1)45-33-35-46(36-34-45)61(47-37-40-52(41-38-47)63(49-21-7-2-8-22-49,50-23-9-3-10-24-50)51-25-11-4-12-26-51)48-39-42-56-60(43-48)64(59-32-18-15-29-55(59)62-56)57-30-16-13-27-53(57)54-28-14-17-31-58(54)64/h1-43H. The van der Waals surface area contributed by atoms with Crippen LogP contribution in [0.15, 0.2) is 280 Å². The molecule has 304 valence electrons. The summed E-state index contributed by atoms with van der Waals surface area (Å²) in [5, 5.41) is 5.39. The number of fused-ring (bicyclic) bond motifs is 9. The van der Waals surface area contributed by atoms with E-state index in [0.717, 1.165) is 28.6 Å². The molecule has 2 nitrogen and oxygen atoms in total. The number of para-hydroxylation sites is 1. The third-order valence-electron chi connectivity index (χ3n) is 13.1. The predicted molar refractivity (Wildman–Crippen MR) is 269 cm³/mol. The van der Waals surface area contributed by atoms with Gasteiger partial charge in [0.15, 0.2) is 8.07 Å². The number of ether oxygens (including phenoxy) is 1. The zero-order chi connectivity index (χ0) is 42.5. The van der Waals surface area contributed by atoms with Crippen molar-refractivity contribution in [2.45, 2.75) is 19.6 Å². The molecule has 0 amide bonds. The van der Waals surface area contributed by atoms with Crippen molar-refractivity contribution in [1.82, 2.24) is 0 Å². The van der Waals surface area contributed by atoms with Gasteiger partial charge in [-0.05, 0) is 140 Å². The van der Waals surface area contributed by atoms with Crippen molar-refractivity contribution in [3.8, 4) is 33.8 Å². The minimum Gasteiger partial charge on any atom is -0.458 e. The number of hydrogen-bond acceptors (Lipinski definition) is 2. The fourth-order valence-electron chi connectivity index (χ4n) is 10.4. The second kappa shape index (κ2) is 15.6. The van der Waals surface area contributed by atoms with Gasteiger partial charge in [0.1, 0.15) is 11.5 Å². The Morgan fingerprint density at radius 1 is 0.297 bits per heavy atom. The second-order valence-electron chi connectivity index (χ2n) is 16.4. The third-order valence-corrected chi connectivity index (χ3v) is 21.9. The number of hydrogen-bond donors (Lipinski definition) is 0. The van der Waals surface area contributed by atoms with Crippen molar-refractivity contribution in [2.24, 2.45) is 0 Å². The minimum absolute atomic E-state index is 0.928. The molecule has 2 heterocycles. The van der Waals surface area contributed by atoms with Crippen LogP contribution in [0.25, 0.3) is 22.3 Å². The highest BCUT2D eigenvalue weighted by atomic mass is 32.3. The summed E-state index contributed by atoms with van der Waals surface area (Å²) in [5.74, 6) is 1.88. The van der Waals surface area contributed by atoms with Gasteiger partial charge in [-0.25, -0.2) is 0 Å². The Morgan fingerprint density at radius 2 is 0.688 bits per heavy atom. The maximum Gasteiger partial charge on any atom is 0.189 e. The van der Waals surface area contributed by atoms with Crippen molar-refractivity contribution in [3.63, 3.8) is 0 Å². The molecule has 2 aliphatic rings. The topological polar surface area (TPSA) is 12.5 Å². The predicted octanol–water partition coefficient (Wildman–Crippen LogP) is 13.6. The first-order valence-corrected chi connectivity index (χ1v) is 25.5. The Hall–Kier alpha value is -7.63. The van der Waals surface area contributed by atoms with Gasteiger partial charge in [-0.3, -0.25) is 0 Å². The Kier molecular flexibility index (Phi) is 9.29. The number of rotatable bonds is 8. The first kappa shape index (κ1) is 38.1. The molecule has 0 N–H and O–H groups in total. The van der Waals surface area contributed by atoms with Gasteiger partial charge in [-0.1, -0.05) is 164 Å². The van der Waals surface area contributed by atoms with Gasteiger partial charge >= 0.3 is 0 Å². The summed E-state index contributed by atoms with van der Waals surface area (Å²) in [6, 6.07) is 96.1. The van der Waals surface area contributed by atoms with Gasteiger partial charge in [0.05, 0.1) is 0 Å². The van der Waals surface area contributed by atoms with E-state index in [2.05, 4.69) is 266 Å². The average Bonchev–Trinajstić information content (AvgIpc) is 3.67. The van der Waals surface area contributed by atoms with Crippen LogP contribution in [0.5, 0.6) is 11.5 Å². The van der Waals surface area contributed by atoms with Crippen molar-refractivity contribution in [3.05, 3.63) is 261 Å². The molecule has 0 saturated heterocycles. The molecule has 0 aliphatic carbocycles. The number of anilines is 3. The molecule has 0 radical (unpaired) electrons. The van der Waals surface area contributed by atoms with Gasteiger partial charge < -0.3 is 9.64 Å². The summed E-state index contributed by atoms with van der Waals surface area (Å²) >= 11 is 0. The number of nitrogens with zero attached hydrogens (tertiary/aromatic N) is 1. The van der Waals surface area contributed by atoms with Gasteiger partial charge in [0.25, 0.3) is 0 Å². The van der Waals surface area contributed by atoms with Crippen LogP contribution in [0.1, 0.15) is 0 Å². The number of benzene rings is 10. The van der Waals surface area contributed by atoms with E-state index in [-0.39, 0.29) is 0 Å². The van der Waals surface area contributed by atoms with E-state index in [1.807, 2.05) is 0 Å². The molecule has 0 bridgehead atoms. The average molecular weight is 854 g/mol. The highest BCUT2D eigenvalue weighted by Gasteiger charge is 2.53. The molecule has 64 heavy (non-hydrogen) atoms. The van der Waals surface area contributed by atoms with Crippen LogP contribution in [-0.4, -0.2) is 8.07 Å². The zero-order valence-electron chi connectivity index (χ0n) is 35.1. The first-order valence-electron chi connectivity index (χ1n) is 21.9. The maximum atomic E-state index is 6.90. The van der Waals surface area contributed by atoms with Crippen molar-refractivity contribution >= 4 is 55.9 Å². The fourth-order valence-corrected chi connectivity index (χ4v) is 19.6. The largest absolute Gasteiger partial charge is 0.458 e. The van der Waals surface area contributed by atoms with E-state index in [1.54, 1.807) is 0 Å².